The molecule has 0 fully saturated rings. The number of aromatic hydroxyl groups is 1. The molecular weight excluding hydrogens is 489 g/mol. The molecule has 0 radical (unpaired) electrons. The Hall–Kier alpha value is -2.56. The van der Waals surface area contributed by atoms with E-state index in [4.69, 9.17) is 0 Å². The zero-order chi connectivity index (χ0) is 24.6. The summed E-state index contributed by atoms with van der Waals surface area (Å²) in [7, 11) is -2.78. The molecule has 0 saturated carbocycles. The Balaban J connectivity index is 2.25. The van der Waals surface area contributed by atoms with Gasteiger partial charge in [0.2, 0.25) is 0 Å². The van der Waals surface area contributed by atoms with Gasteiger partial charge in [-0.2, -0.15) is 0 Å². The summed E-state index contributed by atoms with van der Waals surface area (Å²) < 4.78 is 1.20. The zero-order valence-electron chi connectivity index (χ0n) is 21.3. The Morgan fingerprint density at radius 1 is 0.618 bits per heavy atom. The van der Waals surface area contributed by atoms with Crippen LogP contribution >= 0.6 is 0 Å². The molecule has 0 heterocycles. The fourth-order valence-corrected chi connectivity index (χ4v) is 13.1. The fraction of sp³-hybridized carbons (Fsp3) is 0.226. The molecule has 0 aromatic heterocycles. The third kappa shape index (κ3) is 4.41. The summed E-state index contributed by atoms with van der Waals surface area (Å²) in [5.74, 6) is 7.65. The van der Waals surface area contributed by atoms with Crippen LogP contribution in [0.1, 0.15) is 26.3 Å². The molecule has 4 rings (SSSR count). The van der Waals surface area contributed by atoms with E-state index in [0.717, 1.165) is 5.19 Å². The van der Waals surface area contributed by atoms with Crippen molar-refractivity contribution in [3.63, 3.8) is 0 Å². The summed E-state index contributed by atoms with van der Waals surface area (Å²) in [4.78, 5) is 0. The topological polar surface area (TPSA) is 20.2 Å². The van der Waals surface area contributed by atoms with Gasteiger partial charge >= 0.3 is 209 Å². The van der Waals surface area contributed by atoms with Gasteiger partial charge in [0.1, 0.15) is 0 Å². The van der Waals surface area contributed by atoms with Gasteiger partial charge in [0.05, 0.1) is 0 Å². The van der Waals surface area contributed by atoms with Crippen LogP contribution in [0.2, 0.25) is 17.3 Å². The normalized spacial score (nSPS) is 12.5. The molecule has 174 valence electrons. The third-order valence-electron chi connectivity index (χ3n) is 6.81. The summed E-state index contributed by atoms with van der Waals surface area (Å²) in [6.07, 6.45) is 0. The number of phenols is 1. The Kier molecular flexibility index (Phi) is 6.67. The van der Waals surface area contributed by atoms with Crippen molar-refractivity contribution < 1.29 is 5.11 Å². The van der Waals surface area contributed by atoms with Gasteiger partial charge in [-0.25, -0.2) is 0 Å². The minimum atomic E-state index is -2.78. The van der Waals surface area contributed by atoms with Gasteiger partial charge in [-0.15, -0.1) is 0 Å². The Bertz CT molecular complexity index is 1160. The summed E-state index contributed by atoms with van der Waals surface area (Å²) >= 11 is -2.40. The molecule has 0 atom stereocenters. The molecule has 0 bridgehead atoms. The van der Waals surface area contributed by atoms with Crippen molar-refractivity contribution in [3.05, 3.63) is 109 Å². The molecule has 0 unspecified atom stereocenters. The number of benzene rings is 4. The van der Waals surface area contributed by atoms with Crippen LogP contribution in [0, 0.1) is 0 Å². The van der Waals surface area contributed by atoms with Crippen molar-refractivity contribution >= 4 is 46.5 Å². The van der Waals surface area contributed by atoms with Crippen LogP contribution in [-0.2, 0) is 5.41 Å². The Labute approximate surface area is 208 Å². The van der Waals surface area contributed by atoms with E-state index in [1.54, 1.807) is 0 Å². The fourth-order valence-electron chi connectivity index (χ4n) is 4.96. The third-order valence-corrected chi connectivity index (χ3v) is 15.8. The average Bonchev–Trinajstić information content (AvgIpc) is 2.81. The molecule has 0 aliphatic carbocycles. The molecule has 34 heavy (non-hydrogen) atoms. The molecular formula is C31H36GeOSi. The van der Waals surface area contributed by atoms with Crippen LogP contribution < -0.4 is 25.1 Å². The molecule has 1 nitrogen and oxygen atoms in total. The van der Waals surface area contributed by atoms with E-state index in [-0.39, 0.29) is 5.41 Å². The van der Waals surface area contributed by atoms with Gasteiger partial charge in [0.15, 0.2) is 0 Å². The molecule has 0 amide bonds. The van der Waals surface area contributed by atoms with E-state index in [1.165, 1.54) is 25.5 Å². The van der Waals surface area contributed by atoms with Crippen LogP contribution in [0.15, 0.2) is 103 Å². The van der Waals surface area contributed by atoms with Gasteiger partial charge < -0.3 is 0 Å². The SMILES string of the molecule is CC(C)(C)c1cc([Si](c2ccccc2)(c2ccccc2)c2ccccc2)c(O)[c]([Ge]([CH3])([CH3])[CH3])c1. The van der Waals surface area contributed by atoms with E-state index >= 15 is 0 Å². The molecule has 4 aromatic rings. The van der Waals surface area contributed by atoms with Crippen molar-refractivity contribution in [2.24, 2.45) is 0 Å². The van der Waals surface area contributed by atoms with Crippen molar-refractivity contribution in [2.75, 3.05) is 0 Å². The summed E-state index contributed by atoms with van der Waals surface area (Å²) in [5, 5.41) is 17.1. The van der Waals surface area contributed by atoms with Gasteiger partial charge in [-0.3, -0.25) is 0 Å². The summed E-state index contributed by atoms with van der Waals surface area (Å²) in [5.41, 5.74) is 1.28. The summed E-state index contributed by atoms with van der Waals surface area (Å²) in [6.45, 7) is 6.83. The van der Waals surface area contributed by atoms with Crippen molar-refractivity contribution in [1.29, 1.82) is 0 Å². The number of hydrogen-bond acceptors (Lipinski definition) is 1. The van der Waals surface area contributed by atoms with Crippen LogP contribution in [0.25, 0.3) is 0 Å². The second-order valence-electron chi connectivity index (χ2n) is 11.3. The van der Waals surface area contributed by atoms with Crippen molar-refractivity contribution in [2.45, 2.75) is 43.5 Å². The first-order valence-electron chi connectivity index (χ1n) is 12.1. The molecule has 3 heteroatoms. The molecule has 0 saturated heterocycles. The van der Waals surface area contributed by atoms with Gasteiger partial charge in [0.25, 0.3) is 0 Å². The van der Waals surface area contributed by atoms with Crippen LogP contribution in [0.3, 0.4) is 0 Å². The monoisotopic (exact) mass is 526 g/mol. The number of phenolic OH excluding ortho intramolecular Hbond substituents is 1. The number of rotatable bonds is 5. The summed E-state index contributed by atoms with van der Waals surface area (Å²) in [6, 6.07) is 37.2. The van der Waals surface area contributed by atoms with Crippen molar-refractivity contribution in [3.8, 4) is 5.75 Å². The first-order valence-corrected chi connectivity index (χ1v) is 21.5. The molecule has 0 aliphatic heterocycles. The molecule has 0 aliphatic rings. The second kappa shape index (κ2) is 9.24. The van der Waals surface area contributed by atoms with Crippen LogP contribution in [0.5, 0.6) is 5.75 Å². The van der Waals surface area contributed by atoms with Gasteiger partial charge in [-0.1, -0.05) is 0 Å². The number of hydrogen-bond donors (Lipinski definition) is 1. The van der Waals surface area contributed by atoms with E-state index < -0.39 is 21.3 Å². The maximum absolute atomic E-state index is 12.1. The van der Waals surface area contributed by atoms with E-state index in [0.29, 0.717) is 5.75 Å². The minimum absolute atomic E-state index is 0.0190. The van der Waals surface area contributed by atoms with E-state index in [9.17, 15) is 5.11 Å². The Morgan fingerprint density at radius 3 is 1.32 bits per heavy atom. The molecule has 0 spiro atoms. The van der Waals surface area contributed by atoms with E-state index in [1.807, 2.05) is 0 Å². The standard InChI is InChI=1S/C31H36GeOSi/c1-31(2,3)24-22-28(32(4,5)6)30(33)29(23-24)34(25-16-10-7-11-17-25,26-18-12-8-13-19-26)27-20-14-9-15-21-27/h7-23,33H,1-6H3. The molecule has 1 N–H and O–H groups in total. The van der Waals surface area contributed by atoms with Gasteiger partial charge in [0, 0.05) is 0 Å². The Morgan fingerprint density at radius 2 is 1.00 bits per heavy atom. The van der Waals surface area contributed by atoms with Crippen molar-refractivity contribution in [1.82, 2.24) is 0 Å². The first kappa shape index (κ1) is 24.6. The quantitative estimate of drug-likeness (QED) is 0.298. The molecule has 4 aromatic carbocycles. The average molecular weight is 525 g/mol. The second-order valence-corrected chi connectivity index (χ2v) is 25.6. The predicted molar refractivity (Wildman–Crippen MR) is 153 cm³/mol. The van der Waals surface area contributed by atoms with Crippen LogP contribution in [-0.4, -0.2) is 26.4 Å². The van der Waals surface area contributed by atoms with E-state index in [2.05, 4.69) is 141 Å². The van der Waals surface area contributed by atoms with Crippen LogP contribution in [0.4, 0.5) is 0 Å². The van der Waals surface area contributed by atoms with Gasteiger partial charge in [-0.05, 0) is 0 Å². The first-order chi connectivity index (χ1) is 16.1. The predicted octanol–water partition coefficient (Wildman–Crippen LogP) is 4.61. The maximum atomic E-state index is 12.1. The zero-order valence-corrected chi connectivity index (χ0v) is 24.4.